The average molecular weight is 458 g/mol. The van der Waals surface area contributed by atoms with Crippen LogP contribution in [0.3, 0.4) is 0 Å². The molecule has 2 aromatic carbocycles. The van der Waals surface area contributed by atoms with Gasteiger partial charge in [-0.2, -0.15) is 0 Å². The molecule has 144 valence electrons. The first-order chi connectivity index (χ1) is 12.9. The topological polar surface area (TPSA) is 120 Å². The minimum Gasteiger partial charge on any atom is -0.483 e. The number of nitro benzene ring substituents is 1. The number of nitrogens with two attached hydrogens (primary N) is 1. The summed E-state index contributed by atoms with van der Waals surface area (Å²) in [6.45, 7) is 1.50. The molecule has 0 heterocycles. The highest BCUT2D eigenvalue weighted by Gasteiger charge is 2.09. The number of halogens is 2. The number of hydrogen-bond donors (Lipinski definition) is 3. The number of ether oxygens (including phenoxy) is 1. The number of nitrogens with one attached hydrogen (secondary N) is 2. The van der Waals surface area contributed by atoms with Gasteiger partial charge in [-0.3, -0.25) is 14.9 Å². The Morgan fingerprint density at radius 2 is 2.04 bits per heavy atom. The summed E-state index contributed by atoms with van der Waals surface area (Å²) in [6, 6.07) is 9.75. The quantitative estimate of drug-likeness (QED) is 0.286. The molecule has 4 N–H and O–H groups in total. The van der Waals surface area contributed by atoms with Gasteiger partial charge >= 0.3 is 0 Å². The highest BCUT2D eigenvalue weighted by atomic mass is 79.9. The predicted molar refractivity (Wildman–Crippen MR) is 107 cm³/mol. The Hall–Kier alpha value is -2.36. The Morgan fingerprint density at radius 3 is 2.70 bits per heavy atom. The number of benzene rings is 2. The zero-order valence-electron chi connectivity index (χ0n) is 14.2. The van der Waals surface area contributed by atoms with Crippen molar-refractivity contribution in [2.24, 2.45) is 5.73 Å². The molecular formula is C17H18BrClN4O4. The molecule has 10 heteroatoms. The Labute approximate surface area is 169 Å². The van der Waals surface area contributed by atoms with Crippen LogP contribution >= 0.6 is 27.5 Å². The molecule has 0 bridgehead atoms. The molecule has 1 amide bonds. The number of anilines is 1. The van der Waals surface area contributed by atoms with Crippen molar-refractivity contribution >= 4 is 44.8 Å². The van der Waals surface area contributed by atoms with E-state index in [-0.39, 0.29) is 12.3 Å². The van der Waals surface area contributed by atoms with Gasteiger partial charge in [0.1, 0.15) is 5.75 Å². The lowest BCUT2D eigenvalue weighted by molar-refractivity contribution is -0.384. The highest BCUT2D eigenvalue weighted by molar-refractivity contribution is 9.10. The SMILES string of the molecule is NC(=O)COc1ccc(Br)cc1CNCCNc1ccc([N+](=O)[O-])cc1Cl. The summed E-state index contributed by atoms with van der Waals surface area (Å²) in [6.07, 6.45) is 0. The van der Waals surface area contributed by atoms with Crippen LogP contribution in [0.15, 0.2) is 40.9 Å². The Morgan fingerprint density at radius 1 is 1.26 bits per heavy atom. The molecule has 0 spiro atoms. The Balaban J connectivity index is 1.84. The molecule has 0 saturated heterocycles. The first kappa shape index (κ1) is 20.9. The van der Waals surface area contributed by atoms with Crippen LogP contribution in [-0.4, -0.2) is 30.5 Å². The maximum absolute atomic E-state index is 10.9. The van der Waals surface area contributed by atoms with Crippen molar-refractivity contribution < 1.29 is 14.5 Å². The summed E-state index contributed by atoms with van der Waals surface area (Å²) >= 11 is 9.44. The molecule has 0 atom stereocenters. The standard InChI is InChI=1S/C17H18BrClN4O4/c18-12-1-4-16(27-10-17(20)24)11(7-12)9-21-5-6-22-15-3-2-13(23(25)26)8-14(15)19/h1-4,7-8,21-22H,5-6,9-10H2,(H2,20,24). The molecule has 0 aliphatic rings. The zero-order chi connectivity index (χ0) is 19.8. The second-order valence-corrected chi connectivity index (χ2v) is 6.85. The Kier molecular flexibility index (Phi) is 7.83. The molecule has 8 nitrogen and oxygen atoms in total. The van der Waals surface area contributed by atoms with Crippen LogP contribution in [-0.2, 0) is 11.3 Å². The Bertz CT molecular complexity index is 835. The maximum atomic E-state index is 10.9. The number of nitro groups is 1. The van der Waals surface area contributed by atoms with E-state index < -0.39 is 10.8 Å². The van der Waals surface area contributed by atoms with Gasteiger partial charge in [-0.05, 0) is 24.3 Å². The van der Waals surface area contributed by atoms with Crippen molar-refractivity contribution in [1.29, 1.82) is 0 Å². The predicted octanol–water partition coefficient (Wildman–Crippen LogP) is 3.08. The van der Waals surface area contributed by atoms with Crippen LogP contribution in [0.4, 0.5) is 11.4 Å². The number of primary amides is 1. The minimum atomic E-state index is -0.541. The lowest BCUT2D eigenvalue weighted by atomic mass is 10.2. The first-order valence-electron chi connectivity index (χ1n) is 7.95. The summed E-state index contributed by atoms with van der Waals surface area (Å²) in [7, 11) is 0. The first-order valence-corrected chi connectivity index (χ1v) is 9.12. The van der Waals surface area contributed by atoms with Crippen LogP contribution in [0.1, 0.15) is 5.56 Å². The molecule has 2 aromatic rings. The van der Waals surface area contributed by atoms with E-state index >= 15 is 0 Å². The van der Waals surface area contributed by atoms with Gasteiger partial charge in [0.2, 0.25) is 0 Å². The van der Waals surface area contributed by atoms with Crippen molar-refractivity contribution in [3.05, 3.63) is 61.6 Å². The molecule has 0 fully saturated rings. The van der Waals surface area contributed by atoms with Crippen molar-refractivity contribution in [2.45, 2.75) is 6.54 Å². The monoisotopic (exact) mass is 456 g/mol. The third-order valence-corrected chi connectivity index (χ3v) is 4.29. The van der Waals surface area contributed by atoms with Gasteiger partial charge in [-0.1, -0.05) is 27.5 Å². The summed E-state index contributed by atoms with van der Waals surface area (Å²) in [5, 5.41) is 17.4. The molecule has 0 unspecified atom stereocenters. The van der Waals surface area contributed by atoms with Crippen LogP contribution in [0.25, 0.3) is 0 Å². The third kappa shape index (κ3) is 6.70. The van der Waals surface area contributed by atoms with E-state index in [1.807, 2.05) is 12.1 Å². The van der Waals surface area contributed by atoms with Crippen molar-refractivity contribution in [1.82, 2.24) is 5.32 Å². The van der Waals surface area contributed by atoms with E-state index in [4.69, 9.17) is 22.1 Å². The molecule has 27 heavy (non-hydrogen) atoms. The maximum Gasteiger partial charge on any atom is 0.271 e. The van der Waals surface area contributed by atoms with Crippen molar-refractivity contribution in [3.63, 3.8) is 0 Å². The van der Waals surface area contributed by atoms with Gasteiger partial charge in [-0.15, -0.1) is 0 Å². The van der Waals surface area contributed by atoms with Crippen LogP contribution in [0, 0.1) is 10.1 Å². The molecule has 0 aromatic heterocycles. The minimum absolute atomic E-state index is 0.0539. The van der Waals surface area contributed by atoms with Gasteiger partial charge in [0.05, 0.1) is 15.6 Å². The van der Waals surface area contributed by atoms with Crippen molar-refractivity contribution in [3.8, 4) is 5.75 Å². The second-order valence-electron chi connectivity index (χ2n) is 5.53. The fourth-order valence-corrected chi connectivity index (χ4v) is 2.90. The third-order valence-electron chi connectivity index (χ3n) is 3.49. The molecule has 2 rings (SSSR count). The number of carbonyl (C=O) groups is 1. The lowest BCUT2D eigenvalue weighted by Gasteiger charge is -2.13. The number of nitrogens with zero attached hydrogens (tertiary/aromatic N) is 1. The van der Waals surface area contributed by atoms with Crippen LogP contribution in [0.5, 0.6) is 5.75 Å². The van der Waals surface area contributed by atoms with Crippen LogP contribution < -0.4 is 21.1 Å². The smallest absolute Gasteiger partial charge is 0.271 e. The van der Waals surface area contributed by atoms with E-state index in [2.05, 4.69) is 26.6 Å². The number of carbonyl (C=O) groups excluding carboxylic acids is 1. The molecular weight excluding hydrogens is 440 g/mol. The van der Waals surface area contributed by atoms with Gasteiger partial charge in [0, 0.05) is 41.8 Å². The zero-order valence-corrected chi connectivity index (χ0v) is 16.5. The summed E-state index contributed by atoms with van der Waals surface area (Å²) in [4.78, 5) is 21.1. The van der Waals surface area contributed by atoms with E-state index in [9.17, 15) is 14.9 Å². The summed E-state index contributed by atoms with van der Waals surface area (Å²) in [5.41, 5.74) is 6.55. The molecule has 0 aliphatic heterocycles. The number of rotatable bonds is 10. The van der Waals surface area contributed by atoms with Gasteiger partial charge in [0.25, 0.3) is 11.6 Å². The molecule has 0 aliphatic carbocycles. The van der Waals surface area contributed by atoms with Gasteiger partial charge in [0.15, 0.2) is 6.61 Å². The second kappa shape index (κ2) is 10.1. The van der Waals surface area contributed by atoms with E-state index in [1.165, 1.54) is 12.1 Å². The fraction of sp³-hybridized carbons (Fsp3) is 0.235. The number of hydrogen-bond acceptors (Lipinski definition) is 6. The summed E-state index contributed by atoms with van der Waals surface area (Å²) in [5.74, 6) is 0.0388. The molecule has 0 radical (unpaired) electrons. The van der Waals surface area contributed by atoms with E-state index in [1.54, 1.807) is 12.1 Å². The van der Waals surface area contributed by atoms with Gasteiger partial charge in [-0.25, -0.2) is 0 Å². The van der Waals surface area contributed by atoms with Crippen molar-refractivity contribution in [2.75, 3.05) is 25.0 Å². The van der Waals surface area contributed by atoms with Crippen LogP contribution in [0.2, 0.25) is 5.02 Å². The average Bonchev–Trinajstić information content (AvgIpc) is 2.61. The molecule has 0 saturated carbocycles. The number of non-ortho nitro benzene ring substituents is 1. The van der Waals surface area contributed by atoms with Gasteiger partial charge < -0.3 is 21.1 Å². The number of amides is 1. The van der Waals surface area contributed by atoms with E-state index in [0.29, 0.717) is 36.1 Å². The highest BCUT2D eigenvalue weighted by Crippen LogP contribution is 2.26. The van der Waals surface area contributed by atoms with E-state index in [0.717, 1.165) is 10.0 Å². The normalized spacial score (nSPS) is 10.4. The fourth-order valence-electron chi connectivity index (χ4n) is 2.25. The largest absolute Gasteiger partial charge is 0.483 e. The summed E-state index contributed by atoms with van der Waals surface area (Å²) < 4.78 is 6.29. The lowest BCUT2D eigenvalue weighted by Crippen LogP contribution is -2.23.